The summed E-state index contributed by atoms with van der Waals surface area (Å²) in [6.45, 7) is 5.49. The van der Waals surface area contributed by atoms with Gasteiger partial charge >= 0.3 is 0 Å². The van der Waals surface area contributed by atoms with E-state index in [9.17, 15) is 9.59 Å². The number of hydrogen-bond acceptors (Lipinski definition) is 5. The number of aromatic nitrogens is 1. The van der Waals surface area contributed by atoms with Gasteiger partial charge in [-0.15, -0.1) is 0 Å². The summed E-state index contributed by atoms with van der Waals surface area (Å²) in [4.78, 5) is 29.6. The maximum atomic E-state index is 12.3. The molecule has 0 atom stereocenters. The number of nitrogens with zero attached hydrogens (tertiary/aromatic N) is 2. The lowest BCUT2D eigenvalue weighted by Crippen LogP contribution is -2.34. The lowest BCUT2D eigenvalue weighted by atomic mass is 10.0. The van der Waals surface area contributed by atoms with E-state index in [-0.39, 0.29) is 11.8 Å². The van der Waals surface area contributed by atoms with Crippen LogP contribution in [-0.2, 0) is 16.1 Å². The van der Waals surface area contributed by atoms with Crippen LogP contribution in [0.25, 0.3) is 0 Å². The molecule has 0 aromatic carbocycles. The summed E-state index contributed by atoms with van der Waals surface area (Å²) in [5.74, 6) is 1.33. The van der Waals surface area contributed by atoms with Crippen LogP contribution in [0.1, 0.15) is 35.8 Å². The zero-order chi connectivity index (χ0) is 16.9. The number of ether oxygens (including phenoxy) is 1. The highest BCUT2D eigenvalue weighted by Crippen LogP contribution is 2.23. The molecule has 3 heterocycles. The van der Waals surface area contributed by atoms with Crippen molar-refractivity contribution in [2.45, 2.75) is 26.3 Å². The third kappa shape index (κ3) is 4.03. The van der Waals surface area contributed by atoms with Gasteiger partial charge in [0.25, 0.3) is 5.91 Å². The Labute approximate surface area is 141 Å². The van der Waals surface area contributed by atoms with Gasteiger partial charge in [0.1, 0.15) is 5.82 Å². The van der Waals surface area contributed by atoms with Crippen molar-refractivity contribution in [2.75, 3.05) is 38.2 Å². The Morgan fingerprint density at radius 3 is 2.92 bits per heavy atom. The molecule has 1 aromatic heterocycles. The Bertz CT molecular complexity index is 614. The summed E-state index contributed by atoms with van der Waals surface area (Å²) in [5, 5.41) is 6.09. The number of amides is 2. The van der Waals surface area contributed by atoms with E-state index in [1.807, 2.05) is 12.1 Å². The number of anilines is 1. The van der Waals surface area contributed by atoms with Crippen LogP contribution < -0.4 is 10.6 Å². The van der Waals surface area contributed by atoms with Crippen LogP contribution in [-0.4, -0.2) is 54.5 Å². The predicted molar refractivity (Wildman–Crippen MR) is 89.7 cm³/mol. The fraction of sp³-hybridized carbons (Fsp3) is 0.588. The van der Waals surface area contributed by atoms with Crippen molar-refractivity contribution in [1.82, 2.24) is 15.2 Å². The molecule has 7 nitrogen and oxygen atoms in total. The highest BCUT2D eigenvalue weighted by molar-refractivity contribution is 5.98. The third-order valence-corrected chi connectivity index (χ3v) is 4.50. The number of carbonyl (C=O) groups excluding carboxylic acids is 2. The maximum Gasteiger partial charge on any atom is 0.256 e. The van der Waals surface area contributed by atoms with E-state index >= 15 is 0 Å². The van der Waals surface area contributed by atoms with Crippen LogP contribution in [0.5, 0.6) is 0 Å². The summed E-state index contributed by atoms with van der Waals surface area (Å²) in [6.07, 6.45) is 2.15. The molecule has 0 spiro atoms. The van der Waals surface area contributed by atoms with Crippen molar-refractivity contribution < 1.29 is 14.3 Å². The number of rotatable bonds is 6. The molecule has 0 radical (unpaired) electrons. The molecule has 7 heteroatoms. The predicted octanol–water partition coefficient (Wildman–Crippen LogP) is 1.01. The Kier molecular flexibility index (Phi) is 5.30. The van der Waals surface area contributed by atoms with Gasteiger partial charge in [0.05, 0.1) is 17.8 Å². The van der Waals surface area contributed by atoms with E-state index in [2.05, 4.69) is 15.6 Å². The van der Waals surface area contributed by atoms with Crippen LogP contribution in [0, 0.1) is 5.92 Å². The minimum atomic E-state index is -0.0862. The number of nitrogens with one attached hydrogen (secondary N) is 2. The number of hydrogen-bond donors (Lipinski definition) is 2. The van der Waals surface area contributed by atoms with Gasteiger partial charge in [-0.25, -0.2) is 4.98 Å². The Morgan fingerprint density at radius 2 is 2.17 bits per heavy atom. The van der Waals surface area contributed by atoms with Crippen LogP contribution in [0.2, 0.25) is 0 Å². The summed E-state index contributed by atoms with van der Waals surface area (Å²) in [6, 6.07) is 3.71. The Hall–Kier alpha value is -2.15. The molecule has 2 aliphatic heterocycles. The molecule has 1 fully saturated rings. The molecule has 0 bridgehead atoms. The van der Waals surface area contributed by atoms with Gasteiger partial charge < -0.3 is 20.3 Å². The molecule has 2 N–H and O–H groups in total. The maximum absolute atomic E-state index is 12.3. The van der Waals surface area contributed by atoms with E-state index < -0.39 is 0 Å². The SMILES string of the molecule is CC(=O)NCCN1Cc2nc(NCC3CCOCC3)ccc2C1=O. The van der Waals surface area contributed by atoms with Crippen molar-refractivity contribution in [1.29, 1.82) is 0 Å². The van der Waals surface area contributed by atoms with Crippen molar-refractivity contribution in [2.24, 2.45) is 5.92 Å². The summed E-state index contributed by atoms with van der Waals surface area (Å²) in [5.41, 5.74) is 1.47. The second-order valence-electron chi connectivity index (χ2n) is 6.34. The van der Waals surface area contributed by atoms with Crippen LogP contribution in [0.15, 0.2) is 12.1 Å². The molecule has 0 saturated carbocycles. The van der Waals surface area contributed by atoms with Crippen LogP contribution in [0.4, 0.5) is 5.82 Å². The topological polar surface area (TPSA) is 83.6 Å². The second kappa shape index (κ2) is 7.61. The number of fused-ring (bicyclic) bond motifs is 1. The zero-order valence-corrected chi connectivity index (χ0v) is 14.0. The first-order chi connectivity index (χ1) is 11.6. The van der Waals surface area contributed by atoms with E-state index in [1.54, 1.807) is 4.90 Å². The normalized spacial score (nSPS) is 17.7. The average molecular weight is 332 g/mol. The minimum absolute atomic E-state index is 0.0150. The first-order valence-electron chi connectivity index (χ1n) is 8.48. The van der Waals surface area contributed by atoms with Crippen LogP contribution in [0.3, 0.4) is 0 Å². The largest absolute Gasteiger partial charge is 0.381 e. The summed E-state index contributed by atoms with van der Waals surface area (Å²) >= 11 is 0. The molecule has 1 aromatic rings. The monoisotopic (exact) mass is 332 g/mol. The third-order valence-electron chi connectivity index (χ3n) is 4.50. The zero-order valence-electron chi connectivity index (χ0n) is 14.0. The first kappa shape index (κ1) is 16.7. The van der Waals surface area contributed by atoms with Gasteiger partial charge in [-0.05, 0) is 30.9 Å². The molecule has 1 saturated heterocycles. The van der Waals surface area contributed by atoms with E-state index in [4.69, 9.17) is 4.74 Å². The lowest BCUT2D eigenvalue weighted by molar-refractivity contribution is -0.119. The second-order valence-corrected chi connectivity index (χ2v) is 6.34. The standard InChI is InChI=1S/C17H24N4O3/c1-12(22)18-6-7-21-11-15-14(17(21)23)2-3-16(20-15)19-10-13-4-8-24-9-5-13/h2-3,13H,4-11H2,1H3,(H,18,22)(H,19,20). The molecular weight excluding hydrogens is 308 g/mol. The molecule has 3 rings (SSSR count). The number of pyridine rings is 1. The van der Waals surface area contributed by atoms with Crippen molar-refractivity contribution in [3.05, 3.63) is 23.4 Å². The first-order valence-corrected chi connectivity index (χ1v) is 8.48. The molecule has 24 heavy (non-hydrogen) atoms. The van der Waals surface area contributed by atoms with Crippen molar-refractivity contribution >= 4 is 17.6 Å². The van der Waals surface area contributed by atoms with Gasteiger partial charge in [0, 0.05) is 39.8 Å². The van der Waals surface area contributed by atoms with Gasteiger partial charge in [0.15, 0.2) is 0 Å². The number of carbonyl (C=O) groups is 2. The van der Waals surface area contributed by atoms with Crippen molar-refractivity contribution in [3.8, 4) is 0 Å². The van der Waals surface area contributed by atoms with Gasteiger partial charge in [-0.1, -0.05) is 0 Å². The van der Waals surface area contributed by atoms with Crippen molar-refractivity contribution in [3.63, 3.8) is 0 Å². The molecule has 2 amide bonds. The minimum Gasteiger partial charge on any atom is -0.381 e. The van der Waals surface area contributed by atoms with Gasteiger partial charge in [-0.3, -0.25) is 9.59 Å². The Balaban J connectivity index is 1.55. The fourth-order valence-corrected chi connectivity index (χ4v) is 3.08. The van der Waals surface area contributed by atoms with Crippen LogP contribution >= 0.6 is 0 Å². The molecule has 0 aliphatic carbocycles. The van der Waals surface area contributed by atoms with E-state index in [1.165, 1.54) is 6.92 Å². The van der Waals surface area contributed by atoms with Gasteiger partial charge in [0.2, 0.25) is 5.91 Å². The summed E-state index contributed by atoms with van der Waals surface area (Å²) < 4.78 is 5.37. The van der Waals surface area contributed by atoms with E-state index in [0.29, 0.717) is 31.1 Å². The molecule has 2 aliphatic rings. The highest BCUT2D eigenvalue weighted by atomic mass is 16.5. The smallest absolute Gasteiger partial charge is 0.256 e. The Morgan fingerprint density at radius 1 is 1.38 bits per heavy atom. The van der Waals surface area contributed by atoms with E-state index in [0.717, 1.165) is 44.1 Å². The quantitative estimate of drug-likeness (QED) is 0.812. The molecule has 0 unspecified atom stereocenters. The highest BCUT2D eigenvalue weighted by Gasteiger charge is 2.28. The fourth-order valence-electron chi connectivity index (χ4n) is 3.08. The summed E-state index contributed by atoms with van der Waals surface area (Å²) in [7, 11) is 0. The molecular formula is C17H24N4O3. The molecule has 130 valence electrons. The lowest BCUT2D eigenvalue weighted by Gasteiger charge is -2.22. The van der Waals surface area contributed by atoms with Gasteiger partial charge in [-0.2, -0.15) is 0 Å². The average Bonchev–Trinajstić information content (AvgIpc) is 2.89.